The monoisotopic (exact) mass is 1430 g/mol. The molecule has 4 saturated heterocycles. The van der Waals surface area contributed by atoms with Crippen LogP contribution in [0.15, 0.2) is 42.6 Å². The molecule has 0 bridgehead atoms. The highest BCUT2D eigenvalue weighted by Crippen LogP contribution is 2.19. The number of pyridine rings is 1. The van der Waals surface area contributed by atoms with E-state index in [4.69, 9.17) is 33.2 Å². The van der Waals surface area contributed by atoms with Crippen molar-refractivity contribution in [3.05, 3.63) is 64.0 Å². The molecule has 9 N–H and O–H groups in total. The zero-order valence-electron chi connectivity index (χ0n) is 64.1. The number of rotatable bonds is 48. The van der Waals surface area contributed by atoms with Gasteiger partial charge in [0.25, 0.3) is 5.69 Å². The number of morpholine rings is 1. The van der Waals surface area contributed by atoms with E-state index in [1.165, 1.54) is 50.7 Å². The summed E-state index contributed by atoms with van der Waals surface area (Å²) in [6, 6.07) is 12.0. The Bertz CT molecular complexity index is 2040. The van der Waals surface area contributed by atoms with E-state index in [0.29, 0.717) is 104 Å². The molecule has 0 spiro atoms. The topological polar surface area (TPSA) is 299 Å². The number of aromatic nitrogens is 1. The second-order valence-corrected chi connectivity index (χ2v) is 27.3. The molecule has 4 aliphatic rings. The molecule has 25 heteroatoms. The fourth-order valence-electron chi connectivity index (χ4n) is 11.1. The number of benzene rings is 1. The van der Waals surface area contributed by atoms with Crippen LogP contribution in [0.25, 0.3) is 0 Å². The van der Waals surface area contributed by atoms with Gasteiger partial charge in [-0.1, -0.05) is 105 Å². The van der Waals surface area contributed by atoms with Crippen LogP contribution in [0.3, 0.4) is 0 Å². The molecule has 584 valence electrons. The first-order valence-corrected chi connectivity index (χ1v) is 38.6. The minimum Gasteiger partial charge on any atom is -0.446 e. The SMILES string of the molecule is CCCCOCC(O)CN1CCCC1C.CCCCOCC(O)CN1CCC[C@@H]1C.CCCCOCC(O)CN1CCC[C@H]1C.CCCCOCC(O)CN1CCOCC1.CCCCOCC(O)CNCc1ccc(B(C)O)cn1.CCCCOCC(O)CNCc1ccc([N+](=O)[O-])cc1. The fourth-order valence-corrected chi connectivity index (χ4v) is 11.1. The number of hydrogen-bond acceptors (Lipinski definition) is 23. The number of unbranched alkanes of at least 4 members (excludes halogenated alkanes) is 6. The number of nitrogens with zero attached hydrogens (tertiary/aromatic N) is 6. The van der Waals surface area contributed by atoms with E-state index in [-0.39, 0.29) is 30.1 Å². The maximum atomic E-state index is 10.5. The van der Waals surface area contributed by atoms with Crippen molar-refractivity contribution in [2.24, 2.45) is 0 Å². The van der Waals surface area contributed by atoms with Gasteiger partial charge in [0, 0.05) is 142 Å². The van der Waals surface area contributed by atoms with Gasteiger partial charge in [-0.15, -0.1) is 0 Å². The van der Waals surface area contributed by atoms with Crippen molar-refractivity contribution < 1.29 is 73.7 Å². The summed E-state index contributed by atoms with van der Waals surface area (Å²) < 4.78 is 37.5. The lowest BCUT2D eigenvalue weighted by Gasteiger charge is -2.28. The number of hydrogen-bond donors (Lipinski definition) is 9. The molecule has 0 amide bonds. The van der Waals surface area contributed by atoms with Gasteiger partial charge in [-0.25, -0.2) is 0 Å². The lowest BCUT2D eigenvalue weighted by Crippen LogP contribution is -2.42. The molecule has 1 aromatic heterocycles. The summed E-state index contributed by atoms with van der Waals surface area (Å²) in [5.74, 6) is 0. The number of nitrogens with one attached hydrogen (secondary N) is 2. The third-order valence-corrected chi connectivity index (χ3v) is 17.6. The summed E-state index contributed by atoms with van der Waals surface area (Å²) in [6.07, 6.45) is 20.1. The third kappa shape index (κ3) is 52.1. The van der Waals surface area contributed by atoms with E-state index >= 15 is 0 Å². The Balaban J connectivity index is 0.000000603. The van der Waals surface area contributed by atoms with Crippen LogP contribution < -0.4 is 16.1 Å². The van der Waals surface area contributed by atoms with Gasteiger partial charge in [-0.05, 0) is 135 Å². The molecule has 0 saturated carbocycles. The highest BCUT2D eigenvalue weighted by atomic mass is 16.6. The van der Waals surface area contributed by atoms with Crippen LogP contribution in [-0.4, -0.2) is 291 Å². The number of nitro benzene ring substituents is 1. The van der Waals surface area contributed by atoms with Crippen molar-refractivity contribution in [1.82, 2.24) is 35.2 Å². The Morgan fingerprint density at radius 2 is 0.850 bits per heavy atom. The number of aliphatic hydroxyl groups excluding tert-OH is 6. The molecule has 100 heavy (non-hydrogen) atoms. The van der Waals surface area contributed by atoms with Gasteiger partial charge in [0.15, 0.2) is 0 Å². The number of β-amino-alcohol motifs (C(OH)–C–C–N with tert-alkyl or cyclic N) is 4. The highest BCUT2D eigenvalue weighted by Gasteiger charge is 2.25. The summed E-state index contributed by atoms with van der Waals surface area (Å²) in [5.41, 5.74) is 2.71. The first-order valence-electron chi connectivity index (χ1n) is 38.6. The number of nitro groups is 1. The van der Waals surface area contributed by atoms with Gasteiger partial charge < -0.3 is 79.5 Å². The summed E-state index contributed by atoms with van der Waals surface area (Å²) in [5, 5.41) is 84.5. The molecule has 5 heterocycles. The first-order chi connectivity index (χ1) is 48.3. The summed E-state index contributed by atoms with van der Waals surface area (Å²) in [7, 11) is 0. The molecule has 0 radical (unpaired) electrons. The van der Waals surface area contributed by atoms with Crippen LogP contribution >= 0.6 is 0 Å². The first kappa shape index (κ1) is 95.0. The van der Waals surface area contributed by atoms with Gasteiger partial charge >= 0.3 is 6.92 Å². The Hall–Kier alpha value is -2.97. The van der Waals surface area contributed by atoms with Crippen molar-refractivity contribution in [1.29, 1.82) is 0 Å². The number of aliphatic hydroxyl groups is 6. The van der Waals surface area contributed by atoms with Gasteiger partial charge in [0.2, 0.25) is 0 Å². The molecule has 2 aromatic rings. The quantitative estimate of drug-likeness (QED) is 0.0134. The van der Waals surface area contributed by atoms with Crippen molar-refractivity contribution in [2.45, 2.75) is 253 Å². The fraction of sp³-hybridized carbons (Fsp3) is 0.853. The standard InChI is InChI=1S/C14H25BN2O3.C14H22N2O4.3C12H25NO2.C11H23NO3/c1-3-4-7-20-11-14(18)10-16-9-13-6-5-12(8-17-13)15(2)19;1-2-3-8-20-11-14(17)10-15-9-12-4-6-13(7-5-12)16(18)19;3*1-3-4-8-15-10-12(14)9-13-7-5-6-11(13)2;1-2-3-6-15-10-11(13)9-12-4-7-14-8-5-12/h5-6,8,14,16,18-19H,3-4,7,9-11H2,1-2H3;4-7,14-15,17H,2-3,8-11H2,1H3;3*11-12,14H,3-10H2,1-2H3;11,13H,2-10H2,1H3/t;;2*11-,12?;;/m..10../s1. The number of ether oxygens (including phenoxy) is 7. The van der Waals surface area contributed by atoms with Crippen LogP contribution in [-0.2, 0) is 46.2 Å². The molecule has 6 rings (SSSR count). The molecule has 1 aromatic carbocycles. The number of non-ortho nitro benzene ring substituents is 1. The predicted molar refractivity (Wildman–Crippen MR) is 403 cm³/mol. The largest absolute Gasteiger partial charge is 0.446 e. The summed E-state index contributed by atoms with van der Waals surface area (Å²) >= 11 is 0. The van der Waals surface area contributed by atoms with Gasteiger partial charge in [0.1, 0.15) is 0 Å². The van der Waals surface area contributed by atoms with E-state index in [1.807, 2.05) is 12.1 Å². The molecule has 0 aliphatic carbocycles. The average molecular weight is 1430 g/mol. The Kier molecular flexibility index (Phi) is 61.2. The highest BCUT2D eigenvalue weighted by molar-refractivity contribution is 6.64. The molecule has 24 nitrogen and oxygen atoms in total. The molecule has 4 aliphatic heterocycles. The Labute approximate surface area is 605 Å². The van der Waals surface area contributed by atoms with Crippen molar-refractivity contribution in [3.63, 3.8) is 0 Å². The maximum Gasteiger partial charge on any atom is 0.321 e. The van der Waals surface area contributed by atoms with Gasteiger partial charge in [-0.3, -0.25) is 34.7 Å². The van der Waals surface area contributed by atoms with Gasteiger partial charge in [-0.2, -0.15) is 0 Å². The van der Waals surface area contributed by atoms with E-state index in [2.05, 4.69) is 97.5 Å². The molecular formula is C75H145BN8O16. The molecule has 9 atom stereocenters. The van der Waals surface area contributed by atoms with Crippen LogP contribution in [0.2, 0.25) is 6.82 Å². The summed E-state index contributed by atoms with van der Waals surface area (Å²) in [6.45, 7) is 39.7. The second kappa shape index (κ2) is 64.4. The van der Waals surface area contributed by atoms with E-state index < -0.39 is 24.0 Å². The summed E-state index contributed by atoms with van der Waals surface area (Å²) in [4.78, 5) is 23.6. The van der Waals surface area contributed by atoms with Crippen LogP contribution in [0.4, 0.5) is 5.69 Å². The maximum absolute atomic E-state index is 10.5. The molecular weight excluding hydrogens is 1280 g/mol. The van der Waals surface area contributed by atoms with Crippen molar-refractivity contribution in [2.75, 3.05) is 164 Å². The molecule has 4 fully saturated rings. The van der Waals surface area contributed by atoms with Gasteiger partial charge in [0.05, 0.1) is 100 Å². The lowest BCUT2D eigenvalue weighted by molar-refractivity contribution is -0.384. The molecule has 7 unspecified atom stereocenters. The number of likely N-dealkylation sites (tertiary alicyclic amines) is 3. The minimum absolute atomic E-state index is 0.0816. The minimum atomic E-state index is -0.537. The second-order valence-electron chi connectivity index (χ2n) is 27.3. The lowest BCUT2D eigenvalue weighted by atomic mass is 9.65. The zero-order chi connectivity index (χ0) is 73.8. The predicted octanol–water partition coefficient (Wildman–Crippen LogP) is 7.47. The smallest absolute Gasteiger partial charge is 0.321 e. The van der Waals surface area contributed by atoms with Crippen LogP contribution in [0.1, 0.15) is 189 Å². The third-order valence-electron chi connectivity index (χ3n) is 17.6. The van der Waals surface area contributed by atoms with Crippen LogP contribution in [0.5, 0.6) is 0 Å². The van der Waals surface area contributed by atoms with E-state index in [9.17, 15) is 45.8 Å². The van der Waals surface area contributed by atoms with Crippen molar-refractivity contribution in [3.8, 4) is 0 Å². The average Bonchev–Trinajstić information content (AvgIpc) is 1.91. The van der Waals surface area contributed by atoms with E-state index in [0.717, 1.165) is 186 Å². The Morgan fingerprint density at radius 1 is 0.510 bits per heavy atom. The van der Waals surface area contributed by atoms with Crippen molar-refractivity contribution >= 4 is 18.1 Å². The van der Waals surface area contributed by atoms with Crippen LogP contribution in [0, 0.1) is 10.1 Å². The van der Waals surface area contributed by atoms with E-state index in [1.54, 1.807) is 25.2 Å². The Morgan fingerprint density at radius 3 is 1.15 bits per heavy atom. The normalized spacial score (nSPS) is 19.1. The zero-order valence-corrected chi connectivity index (χ0v) is 64.1.